The lowest BCUT2D eigenvalue weighted by molar-refractivity contribution is 0.0935. The molecule has 2 aliphatic heterocycles. The summed E-state index contributed by atoms with van der Waals surface area (Å²) in [4.78, 5) is 29.6. The van der Waals surface area contributed by atoms with Crippen molar-refractivity contribution in [2.75, 3.05) is 41.4 Å². The van der Waals surface area contributed by atoms with Gasteiger partial charge in [0.1, 0.15) is 0 Å². The molecular formula is C18H29N11O2. The molecule has 2 aromatic rings. The van der Waals surface area contributed by atoms with Gasteiger partial charge in [-0.2, -0.15) is 15.0 Å². The molecule has 2 fully saturated rings. The monoisotopic (exact) mass is 431 g/mol. The van der Waals surface area contributed by atoms with Crippen LogP contribution in [0, 0.1) is 0 Å². The Bertz CT molecular complexity index is 828. The molecule has 168 valence electrons. The Labute approximate surface area is 179 Å². The molecule has 0 aromatic carbocycles. The second-order valence-corrected chi connectivity index (χ2v) is 8.14. The number of anilines is 3. The first-order valence-corrected chi connectivity index (χ1v) is 10.3. The molecule has 0 bridgehead atoms. The van der Waals surface area contributed by atoms with Crippen molar-refractivity contribution in [2.24, 2.45) is 22.9 Å². The third-order valence-corrected chi connectivity index (χ3v) is 5.24. The molecule has 13 heteroatoms. The zero-order valence-electron chi connectivity index (χ0n) is 17.1. The number of nitrogens with two attached hydrogens (primary N) is 4. The van der Waals surface area contributed by atoms with E-state index in [1.54, 1.807) is 12.1 Å². The molecule has 0 unspecified atom stereocenters. The van der Waals surface area contributed by atoms with Gasteiger partial charge in [0.05, 0.1) is 6.26 Å². The molecular weight excluding hydrogens is 402 g/mol. The van der Waals surface area contributed by atoms with Crippen LogP contribution in [0.25, 0.3) is 0 Å². The van der Waals surface area contributed by atoms with Crippen molar-refractivity contribution in [3.05, 3.63) is 24.2 Å². The summed E-state index contributed by atoms with van der Waals surface area (Å²) in [5, 5.41) is 0. The van der Waals surface area contributed by atoms with E-state index in [2.05, 4.69) is 25.8 Å². The molecule has 4 heterocycles. The first kappa shape index (κ1) is 21.2. The predicted molar refractivity (Wildman–Crippen MR) is 115 cm³/mol. The fraction of sp³-hybridized carbons (Fsp3) is 0.556. The highest BCUT2D eigenvalue weighted by atomic mass is 16.3. The highest BCUT2D eigenvalue weighted by molar-refractivity contribution is 5.91. The summed E-state index contributed by atoms with van der Waals surface area (Å²) in [5.41, 5.74) is 29.8. The largest absolute Gasteiger partial charge is 0.459 e. The smallest absolute Gasteiger partial charge is 0.305 e. The van der Waals surface area contributed by atoms with Gasteiger partial charge in [-0.05, 0) is 25.0 Å². The maximum Gasteiger partial charge on any atom is 0.305 e. The molecule has 0 aliphatic carbocycles. The van der Waals surface area contributed by atoms with E-state index >= 15 is 0 Å². The third kappa shape index (κ3) is 5.19. The quantitative estimate of drug-likeness (QED) is 0.283. The molecule has 0 radical (unpaired) electrons. The first-order valence-electron chi connectivity index (χ1n) is 10.3. The average Bonchev–Trinajstić information content (AvgIpc) is 3.25. The summed E-state index contributed by atoms with van der Waals surface area (Å²) in [6.07, 6.45) is 2.88. The minimum Gasteiger partial charge on any atom is -0.459 e. The zero-order chi connectivity index (χ0) is 22.0. The van der Waals surface area contributed by atoms with E-state index in [4.69, 9.17) is 27.4 Å². The number of aromatic nitrogens is 3. The topological polar surface area (TPSA) is 204 Å². The third-order valence-electron chi connectivity index (χ3n) is 5.24. The fourth-order valence-electron chi connectivity index (χ4n) is 3.96. The SMILES string of the molecule is N[C@@H]1C[C@H](N)CN(c2nc(NNC(=O)c3ccco3)nc(N3C[C@H](N)C[C@H](N)C3)n2)C1. The van der Waals surface area contributed by atoms with Gasteiger partial charge in [0, 0.05) is 50.3 Å². The number of carbonyl (C=O) groups is 1. The van der Waals surface area contributed by atoms with Gasteiger partial charge in [0.15, 0.2) is 5.76 Å². The Balaban J connectivity index is 1.59. The van der Waals surface area contributed by atoms with E-state index in [-0.39, 0.29) is 35.9 Å². The number of hydrogen-bond acceptors (Lipinski definition) is 12. The molecule has 1 amide bonds. The maximum atomic E-state index is 12.2. The minimum absolute atomic E-state index is 0.0872. The number of nitrogens with one attached hydrogen (secondary N) is 2. The highest BCUT2D eigenvalue weighted by Gasteiger charge is 2.28. The van der Waals surface area contributed by atoms with Crippen LogP contribution in [0.3, 0.4) is 0 Å². The van der Waals surface area contributed by atoms with Crippen molar-refractivity contribution in [3.63, 3.8) is 0 Å². The Morgan fingerprint density at radius 2 is 1.42 bits per heavy atom. The summed E-state index contributed by atoms with van der Waals surface area (Å²) in [7, 11) is 0. The number of rotatable bonds is 5. The van der Waals surface area contributed by atoms with Crippen LogP contribution in [0.15, 0.2) is 22.8 Å². The van der Waals surface area contributed by atoms with E-state index < -0.39 is 5.91 Å². The van der Waals surface area contributed by atoms with E-state index in [1.165, 1.54) is 6.26 Å². The second-order valence-electron chi connectivity index (χ2n) is 8.14. The summed E-state index contributed by atoms with van der Waals surface area (Å²) in [6, 6.07) is 2.83. The van der Waals surface area contributed by atoms with E-state index in [9.17, 15) is 4.79 Å². The summed E-state index contributed by atoms with van der Waals surface area (Å²) < 4.78 is 5.09. The van der Waals surface area contributed by atoms with Gasteiger partial charge >= 0.3 is 5.91 Å². The Morgan fingerprint density at radius 3 is 1.87 bits per heavy atom. The van der Waals surface area contributed by atoms with Crippen molar-refractivity contribution in [1.82, 2.24) is 20.4 Å². The van der Waals surface area contributed by atoms with Crippen LogP contribution in [-0.4, -0.2) is 71.2 Å². The summed E-state index contributed by atoms with van der Waals surface area (Å²) in [5.74, 6) is 0.692. The predicted octanol–water partition coefficient (Wildman–Crippen LogP) is -2.05. The summed E-state index contributed by atoms with van der Waals surface area (Å²) in [6.45, 7) is 2.26. The van der Waals surface area contributed by atoms with Crippen LogP contribution in [0.1, 0.15) is 23.4 Å². The van der Waals surface area contributed by atoms with E-state index in [1.807, 2.05) is 9.80 Å². The molecule has 2 aromatic heterocycles. The van der Waals surface area contributed by atoms with Gasteiger partial charge in [0.25, 0.3) is 0 Å². The average molecular weight is 432 g/mol. The molecule has 0 saturated carbocycles. The van der Waals surface area contributed by atoms with Gasteiger partial charge in [-0.25, -0.2) is 0 Å². The number of hydrogen-bond donors (Lipinski definition) is 6. The number of furan rings is 1. The number of piperidine rings is 2. The molecule has 31 heavy (non-hydrogen) atoms. The lowest BCUT2D eigenvalue weighted by Gasteiger charge is -2.36. The zero-order valence-corrected chi connectivity index (χ0v) is 17.1. The Hall–Kier alpha value is -3.00. The van der Waals surface area contributed by atoms with Crippen LogP contribution in [0.4, 0.5) is 17.8 Å². The van der Waals surface area contributed by atoms with Gasteiger partial charge in [-0.3, -0.25) is 15.6 Å². The highest BCUT2D eigenvalue weighted by Crippen LogP contribution is 2.22. The molecule has 10 N–H and O–H groups in total. The second kappa shape index (κ2) is 9.01. The van der Waals surface area contributed by atoms with Crippen molar-refractivity contribution >= 4 is 23.8 Å². The normalized spacial score (nSPS) is 26.6. The van der Waals surface area contributed by atoms with E-state index in [0.717, 1.165) is 12.8 Å². The van der Waals surface area contributed by atoms with Crippen LogP contribution in [0.5, 0.6) is 0 Å². The maximum absolute atomic E-state index is 12.2. The van der Waals surface area contributed by atoms with Crippen molar-refractivity contribution in [3.8, 4) is 0 Å². The minimum atomic E-state index is -0.461. The Morgan fingerprint density at radius 1 is 0.903 bits per heavy atom. The van der Waals surface area contributed by atoms with Crippen LogP contribution >= 0.6 is 0 Å². The molecule has 2 saturated heterocycles. The molecule has 13 nitrogen and oxygen atoms in total. The van der Waals surface area contributed by atoms with Crippen LogP contribution < -0.4 is 43.6 Å². The first-order chi connectivity index (χ1) is 14.9. The fourth-order valence-corrected chi connectivity index (χ4v) is 3.96. The summed E-state index contributed by atoms with van der Waals surface area (Å²) >= 11 is 0. The number of nitrogens with zero attached hydrogens (tertiary/aromatic N) is 5. The van der Waals surface area contributed by atoms with Crippen molar-refractivity contribution < 1.29 is 9.21 Å². The van der Waals surface area contributed by atoms with Gasteiger partial charge in [-0.1, -0.05) is 0 Å². The number of amides is 1. The van der Waals surface area contributed by atoms with Crippen LogP contribution in [-0.2, 0) is 0 Å². The molecule has 0 spiro atoms. The number of carbonyl (C=O) groups excluding carboxylic acids is 1. The number of hydrazine groups is 1. The van der Waals surface area contributed by atoms with Crippen molar-refractivity contribution in [1.29, 1.82) is 0 Å². The van der Waals surface area contributed by atoms with Gasteiger partial charge in [0.2, 0.25) is 17.8 Å². The molecule has 4 atom stereocenters. The molecule has 2 aliphatic rings. The van der Waals surface area contributed by atoms with E-state index in [0.29, 0.717) is 38.1 Å². The van der Waals surface area contributed by atoms with Crippen molar-refractivity contribution in [2.45, 2.75) is 37.0 Å². The van der Waals surface area contributed by atoms with Gasteiger partial charge in [-0.15, -0.1) is 0 Å². The van der Waals surface area contributed by atoms with Gasteiger partial charge < -0.3 is 37.2 Å². The lowest BCUT2D eigenvalue weighted by Crippen LogP contribution is -2.54. The lowest BCUT2D eigenvalue weighted by atomic mass is 10.0. The van der Waals surface area contributed by atoms with Crippen LogP contribution in [0.2, 0.25) is 0 Å². The standard InChI is InChI=1S/C18H29N11O2/c19-10-4-11(20)7-28(6-10)17-23-16(27-26-15(30)14-2-1-3-31-14)24-18(25-17)29-8-12(21)5-13(22)9-29/h1-3,10-13H,4-9,19-22H2,(H,26,30)(H,23,24,25,27)/t10-,11+,12-,13+. The Kier molecular flexibility index (Phi) is 6.18. The molecule has 4 rings (SSSR count).